The van der Waals surface area contributed by atoms with Crippen LogP contribution in [0.3, 0.4) is 0 Å². The molecule has 0 saturated heterocycles. The van der Waals surface area contributed by atoms with Gasteiger partial charge in [-0.2, -0.15) is 0 Å². The molecule has 2 unspecified atom stereocenters. The maximum absolute atomic E-state index is 4.01. The van der Waals surface area contributed by atoms with E-state index in [0.717, 1.165) is 18.3 Å². The zero-order valence-electron chi connectivity index (χ0n) is 8.90. The number of aryl methyl sites for hydroxylation is 1. The van der Waals surface area contributed by atoms with Crippen LogP contribution in [0.5, 0.6) is 0 Å². The van der Waals surface area contributed by atoms with Crippen molar-refractivity contribution >= 4 is 5.82 Å². The summed E-state index contributed by atoms with van der Waals surface area (Å²) < 4.78 is 1.91. The van der Waals surface area contributed by atoms with E-state index >= 15 is 0 Å². The van der Waals surface area contributed by atoms with Gasteiger partial charge in [0.15, 0.2) is 0 Å². The number of hydrogen-bond acceptors (Lipinski definition) is 3. The summed E-state index contributed by atoms with van der Waals surface area (Å²) in [6.45, 7) is 5.27. The smallest absolute Gasteiger partial charge is 0.145 e. The van der Waals surface area contributed by atoms with E-state index in [0.29, 0.717) is 6.04 Å². The third kappa shape index (κ3) is 1.74. The molecule has 2 atom stereocenters. The fourth-order valence-electron chi connectivity index (χ4n) is 2.15. The van der Waals surface area contributed by atoms with Crippen molar-refractivity contribution in [1.82, 2.24) is 15.0 Å². The first-order valence-electron chi connectivity index (χ1n) is 5.46. The Kier molecular flexibility index (Phi) is 2.70. The number of nitrogens with zero attached hydrogens (tertiary/aromatic N) is 3. The van der Waals surface area contributed by atoms with Gasteiger partial charge in [0.05, 0.1) is 6.20 Å². The molecule has 1 saturated carbocycles. The highest BCUT2D eigenvalue weighted by atomic mass is 15.4. The van der Waals surface area contributed by atoms with Gasteiger partial charge in [-0.3, -0.25) is 0 Å². The van der Waals surface area contributed by atoms with Crippen LogP contribution < -0.4 is 5.32 Å². The number of nitrogens with one attached hydrogen (secondary N) is 1. The van der Waals surface area contributed by atoms with E-state index in [4.69, 9.17) is 0 Å². The molecule has 0 aliphatic heterocycles. The summed E-state index contributed by atoms with van der Waals surface area (Å²) >= 11 is 0. The first kappa shape index (κ1) is 9.49. The fourth-order valence-corrected chi connectivity index (χ4v) is 2.15. The highest BCUT2D eigenvalue weighted by molar-refractivity contribution is 5.33. The Labute approximate surface area is 84.7 Å². The molecule has 0 radical (unpaired) electrons. The summed E-state index contributed by atoms with van der Waals surface area (Å²) in [5, 5.41) is 11.4. The van der Waals surface area contributed by atoms with Crippen molar-refractivity contribution in [2.45, 2.75) is 45.7 Å². The molecule has 4 heteroatoms. The molecular weight excluding hydrogens is 176 g/mol. The number of hydrogen-bond donors (Lipinski definition) is 1. The zero-order valence-corrected chi connectivity index (χ0v) is 8.90. The van der Waals surface area contributed by atoms with Gasteiger partial charge in [-0.15, -0.1) is 5.10 Å². The molecule has 0 amide bonds. The summed E-state index contributed by atoms with van der Waals surface area (Å²) in [6.07, 6.45) is 5.77. The molecule has 0 aromatic carbocycles. The molecule has 14 heavy (non-hydrogen) atoms. The summed E-state index contributed by atoms with van der Waals surface area (Å²) in [4.78, 5) is 0. The van der Waals surface area contributed by atoms with Crippen LogP contribution in [-0.4, -0.2) is 21.0 Å². The summed E-state index contributed by atoms with van der Waals surface area (Å²) in [6, 6.07) is 0.610. The van der Waals surface area contributed by atoms with Crippen molar-refractivity contribution < 1.29 is 0 Å². The largest absolute Gasteiger partial charge is 0.366 e. The molecule has 1 N–H and O–H groups in total. The summed E-state index contributed by atoms with van der Waals surface area (Å²) in [7, 11) is 0. The lowest BCUT2D eigenvalue weighted by Crippen LogP contribution is -2.23. The van der Waals surface area contributed by atoms with Crippen LogP contribution in [-0.2, 0) is 6.54 Å². The first-order chi connectivity index (χ1) is 6.81. The Morgan fingerprint density at radius 1 is 1.57 bits per heavy atom. The Morgan fingerprint density at radius 2 is 2.43 bits per heavy atom. The predicted octanol–water partition coefficient (Wildman–Crippen LogP) is 1.90. The van der Waals surface area contributed by atoms with Crippen molar-refractivity contribution in [2.75, 3.05) is 5.32 Å². The Hall–Kier alpha value is -1.06. The van der Waals surface area contributed by atoms with Crippen LogP contribution in [0.2, 0.25) is 0 Å². The summed E-state index contributed by atoms with van der Waals surface area (Å²) in [5.74, 6) is 1.83. The molecule has 0 bridgehead atoms. The van der Waals surface area contributed by atoms with Crippen LogP contribution in [0.1, 0.15) is 33.1 Å². The van der Waals surface area contributed by atoms with Gasteiger partial charge in [-0.25, -0.2) is 4.68 Å². The highest BCUT2D eigenvalue weighted by Crippen LogP contribution is 2.27. The van der Waals surface area contributed by atoms with E-state index in [1.807, 2.05) is 10.9 Å². The van der Waals surface area contributed by atoms with E-state index in [2.05, 4.69) is 29.5 Å². The molecule has 1 heterocycles. The zero-order chi connectivity index (χ0) is 9.97. The predicted molar refractivity (Wildman–Crippen MR) is 56.1 cm³/mol. The first-order valence-corrected chi connectivity index (χ1v) is 5.46. The minimum atomic E-state index is 0.610. The van der Waals surface area contributed by atoms with Crippen molar-refractivity contribution in [3.63, 3.8) is 0 Å². The Balaban J connectivity index is 2.02. The highest BCUT2D eigenvalue weighted by Gasteiger charge is 2.23. The molecule has 2 rings (SSSR count). The molecule has 0 spiro atoms. The van der Waals surface area contributed by atoms with Crippen molar-refractivity contribution in [3.05, 3.63) is 6.20 Å². The fraction of sp³-hybridized carbons (Fsp3) is 0.800. The third-order valence-corrected chi connectivity index (χ3v) is 3.11. The van der Waals surface area contributed by atoms with Gasteiger partial charge in [0, 0.05) is 12.6 Å². The number of rotatable bonds is 3. The van der Waals surface area contributed by atoms with Crippen LogP contribution in [0.25, 0.3) is 0 Å². The molecule has 4 nitrogen and oxygen atoms in total. The maximum Gasteiger partial charge on any atom is 0.145 e. The van der Waals surface area contributed by atoms with E-state index in [1.165, 1.54) is 19.3 Å². The second kappa shape index (κ2) is 3.98. The molecule has 78 valence electrons. The molecule has 1 aliphatic rings. The number of aromatic nitrogens is 3. The Morgan fingerprint density at radius 3 is 3.07 bits per heavy atom. The van der Waals surface area contributed by atoms with Crippen LogP contribution in [0.15, 0.2) is 6.20 Å². The molecule has 1 aliphatic carbocycles. The second-order valence-electron chi connectivity index (χ2n) is 4.09. The SMILES string of the molecule is CCn1nncc1NC1CCCC1C. The lowest BCUT2D eigenvalue weighted by Gasteiger charge is -2.18. The van der Waals surface area contributed by atoms with Gasteiger partial charge in [-0.05, 0) is 25.7 Å². The van der Waals surface area contributed by atoms with Crippen LogP contribution in [0.4, 0.5) is 5.82 Å². The average molecular weight is 194 g/mol. The molecule has 1 fully saturated rings. The van der Waals surface area contributed by atoms with E-state index in [1.54, 1.807) is 0 Å². The standard InChI is InChI=1S/C10H18N4/c1-3-14-10(7-11-13-14)12-9-6-4-5-8(9)2/h7-9,12H,3-6H2,1-2H3. The number of anilines is 1. The van der Waals surface area contributed by atoms with Gasteiger partial charge in [0.2, 0.25) is 0 Å². The second-order valence-corrected chi connectivity index (χ2v) is 4.09. The summed E-state index contributed by atoms with van der Waals surface area (Å²) in [5.41, 5.74) is 0. The van der Waals surface area contributed by atoms with Gasteiger partial charge in [0.1, 0.15) is 5.82 Å². The molecular formula is C10H18N4. The maximum atomic E-state index is 4.01. The van der Waals surface area contributed by atoms with Crippen molar-refractivity contribution in [3.8, 4) is 0 Å². The topological polar surface area (TPSA) is 42.7 Å². The molecule has 1 aromatic heterocycles. The molecule has 1 aromatic rings. The van der Waals surface area contributed by atoms with Gasteiger partial charge in [0.25, 0.3) is 0 Å². The van der Waals surface area contributed by atoms with Crippen molar-refractivity contribution in [1.29, 1.82) is 0 Å². The Bertz CT molecular complexity index is 294. The lowest BCUT2D eigenvalue weighted by molar-refractivity contribution is 0.545. The van der Waals surface area contributed by atoms with Crippen molar-refractivity contribution in [2.24, 2.45) is 5.92 Å². The van der Waals surface area contributed by atoms with Crippen LogP contribution in [0, 0.1) is 5.92 Å². The van der Waals surface area contributed by atoms with Gasteiger partial charge < -0.3 is 5.32 Å². The van der Waals surface area contributed by atoms with E-state index < -0.39 is 0 Å². The minimum absolute atomic E-state index is 0.610. The minimum Gasteiger partial charge on any atom is -0.366 e. The van der Waals surface area contributed by atoms with E-state index in [9.17, 15) is 0 Å². The monoisotopic (exact) mass is 194 g/mol. The van der Waals surface area contributed by atoms with Gasteiger partial charge in [-0.1, -0.05) is 18.6 Å². The lowest BCUT2D eigenvalue weighted by atomic mass is 10.1. The third-order valence-electron chi connectivity index (χ3n) is 3.11. The van der Waals surface area contributed by atoms with Gasteiger partial charge >= 0.3 is 0 Å². The van der Waals surface area contributed by atoms with E-state index in [-0.39, 0.29) is 0 Å². The van der Waals surface area contributed by atoms with Crippen LogP contribution >= 0.6 is 0 Å². The quantitative estimate of drug-likeness (QED) is 0.799. The average Bonchev–Trinajstić information content (AvgIpc) is 2.77. The normalized spacial score (nSPS) is 26.7.